The second-order valence-electron chi connectivity index (χ2n) is 4.70. The lowest BCUT2D eigenvalue weighted by molar-refractivity contribution is -0.138. The molecule has 1 aromatic rings. The van der Waals surface area contributed by atoms with E-state index in [0.29, 0.717) is 26.1 Å². The van der Waals surface area contributed by atoms with Crippen LogP contribution in [0.5, 0.6) is 0 Å². The number of benzene rings is 1. The molecule has 1 fully saturated rings. The van der Waals surface area contributed by atoms with Crippen LogP contribution in [-0.2, 0) is 10.9 Å². The minimum Gasteiger partial charge on any atom is -0.381 e. The van der Waals surface area contributed by atoms with Crippen LogP contribution in [0.3, 0.4) is 0 Å². The summed E-state index contributed by atoms with van der Waals surface area (Å²) in [4.78, 5) is 0. The monoisotopic (exact) mass is 329 g/mol. The third kappa shape index (κ3) is 4.01. The minimum absolute atomic E-state index is 0. The first-order valence-electron chi connectivity index (χ1n) is 6.09. The van der Waals surface area contributed by atoms with Crippen molar-refractivity contribution < 1.29 is 17.9 Å². The van der Waals surface area contributed by atoms with Gasteiger partial charge in [0.2, 0.25) is 0 Å². The van der Waals surface area contributed by atoms with E-state index in [1.165, 1.54) is 12.1 Å². The van der Waals surface area contributed by atoms with Crippen molar-refractivity contribution in [3.05, 3.63) is 34.3 Å². The predicted molar refractivity (Wildman–Crippen MR) is 74.2 cm³/mol. The summed E-state index contributed by atoms with van der Waals surface area (Å²) in [6.45, 7) is 1.10. The van der Waals surface area contributed by atoms with Gasteiger partial charge in [0.1, 0.15) is 0 Å². The molecule has 0 spiro atoms. The lowest BCUT2D eigenvalue weighted by Crippen LogP contribution is -2.29. The first-order valence-corrected chi connectivity index (χ1v) is 6.47. The molecule has 0 aromatic heterocycles. The average Bonchev–Trinajstić information content (AvgIpc) is 2.38. The highest BCUT2D eigenvalue weighted by molar-refractivity contribution is 6.30. The molecule has 2 rings (SSSR count). The van der Waals surface area contributed by atoms with Gasteiger partial charge in [-0.2, -0.15) is 13.2 Å². The third-order valence-corrected chi connectivity index (χ3v) is 3.69. The van der Waals surface area contributed by atoms with Crippen molar-refractivity contribution in [3.63, 3.8) is 0 Å². The summed E-state index contributed by atoms with van der Waals surface area (Å²) >= 11 is 5.65. The Morgan fingerprint density at radius 3 is 2.40 bits per heavy atom. The minimum atomic E-state index is -4.44. The Morgan fingerprint density at radius 1 is 1.25 bits per heavy atom. The molecule has 0 unspecified atom stereocenters. The standard InChI is InChI=1S/C13H15ClF3NO.ClH/c14-9-1-2-10(11(7-9)13(15,16)17)12(18)8-3-5-19-6-4-8;/h1-2,7-8,12H,3-6,18H2;1H/t12-;/m0./s1. The van der Waals surface area contributed by atoms with Crippen molar-refractivity contribution in [2.75, 3.05) is 13.2 Å². The van der Waals surface area contributed by atoms with Gasteiger partial charge < -0.3 is 10.5 Å². The van der Waals surface area contributed by atoms with Gasteiger partial charge in [0.15, 0.2) is 0 Å². The van der Waals surface area contributed by atoms with Gasteiger partial charge in [0, 0.05) is 24.3 Å². The number of halogens is 5. The van der Waals surface area contributed by atoms with E-state index in [-0.39, 0.29) is 28.9 Å². The molecule has 0 radical (unpaired) electrons. The molecule has 1 aliphatic rings. The van der Waals surface area contributed by atoms with E-state index in [0.717, 1.165) is 6.07 Å². The first-order chi connectivity index (χ1) is 8.89. The SMILES string of the molecule is Cl.N[C@H](c1ccc(Cl)cc1C(F)(F)F)C1CCOCC1. The Hall–Kier alpha value is -0.490. The maximum atomic E-state index is 13.0. The van der Waals surface area contributed by atoms with E-state index < -0.39 is 17.8 Å². The lowest BCUT2D eigenvalue weighted by atomic mass is 9.85. The zero-order valence-corrected chi connectivity index (χ0v) is 12.2. The molecular weight excluding hydrogens is 314 g/mol. The Kier molecular flexibility index (Phi) is 6.13. The highest BCUT2D eigenvalue weighted by Gasteiger charge is 2.36. The Bertz CT molecular complexity index is 448. The van der Waals surface area contributed by atoms with E-state index in [2.05, 4.69) is 0 Å². The molecular formula is C13H16Cl2F3NO. The summed E-state index contributed by atoms with van der Waals surface area (Å²) in [6.07, 6.45) is -3.08. The van der Waals surface area contributed by atoms with Crippen molar-refractivity contribution in [1.29, 1.82) is 0 Å². The molecule has 2 N–H and O–H groups in total. The maximum Gasteiger partial charge on any atom is 0.416 e. The number of hydrogen-bond acceptors (Lipinski definition) is 2. The largest absolute Gasteiger partial charge is 0.416 e. The molecule has 7 heteroatoms. The molecule has 0 saturated carbocycles. The van der Waals surface area contributed by atoms with Gasteiger partial charge in [-0.15, -0.1) is 12.4 Å². The van der Waals surface area contributed by atoms with Crippen molar-refractivity contribution >= 4 is 24.0 Å². The molecule has 20 heavy (non-hydrogen) atoms. The van der Waals surface area contributed by atoms with Crippen LogP contribution < -0.4 is 5.73 Å². The Labute approximate surface area is 126 Å². The molecule has 1 saturated heterocycles. The van der Waals surface area contributed by atoms with Crippen LogP contribution in [0, 0.1) is 5.92 Å². The quantitative estimate of drug-likeness (QED) is 0.882. The highest BCUT2D eigenvalue weighted by atomic mass is 35.5. The fourth-order valence-corrected chi connectivity index (χ4v) is 2.57. The van der Waals surface area contributed by atoms with Gasteiger partial charge in [-0.05, 0) is 36.5 Å². The average molecular weight is 330 g/mol. The van der Waals surface area contributed by atoms with Gasteiger partial charge in [0.05, 0.1) is 5.56 Å². The second kappa shape index (κ2) is 6.98. The summed E-state index contributed by atoms with van der Waals surface area (Å²) in [5.74, 6) is 0.0102. The number of nitrogens with two attached hydrogens (primary N) is 1. The summed E-state index contributed by atoms with van der Waals surface area (Å²) in [7, 11) is 0. The zero-order chi connectivity index (χ0) is 14.0. The van der Waals surface area contributed by atoms with Crippen LogP contribution in [-0.4, -0.2) is 13.2 Å². The van der Waals surface area contributed by atoms with Gasteiger partial charge in [-0.25, -0.2) is 0 Å². The molecule has 1 aromatic carbocycles. The van der Waals surface area contributed by atoms with Gasteiger partial charge >= 0.3 is 6.18 Å². The van der Waals surface area contributed by atoms with Crippen molar-refractivity contribution in [2.24, 2.45) is 11.7 Å². The molecule has 1 heterocycles. The fourth-order valence-electron chi connectivity index (χ4n) is 2.39. The number of alkyl halides is 3. The van der Waals surface area contributed by atoms with Crippen LogP contribution in [0.1, 0.15) is 30.0 Å². The molecule has 1 aliphatic heterocycles. The topological polar surface area (TPSA) is 35.2 Å². The zero-order valence-electron chi connectivity index (χ0n) is 10.6. The summed E-state index contributed by atoms with van der Waals surface area (Å²) in [6, 6.07) is 3.13. The van der Waals surface area contributed by atoms with Crippen molar-refractivity contribution in [1.82, 2.24) is 0 Å². The van der Waals surface area contributed by atoms with Crippen LogP contribution >= 0.6 is 24.0 Å². The summed E-state index contributed by atoms with van der Waals surface area (Å²) in [5, 5.41) is 0.0650. The molecule has 0 amide bonds. The predicted octanol–water partition coefficient (Wildman–Crippen LogP) is 4.21. The number of ether oxygens (including phenoxy) is 1. The molecule has 0 aliphatic carbocycles. The van der Waals surface area contributed by atoms with E-state index in [4.69, 9.17) is 22.1 Å². The highest BCUT2D eigenvalue weighted by Crippen LogP contribution is 2.39. The van der Waals surface area contributed by atoms with Crippen molar-refractivity contribution in [2.45, 2.75) is 25.1 Å². The van der Waals surface area contributed by atoms with Crippen LogP contribution in [0.15, 0.2) is 18.2 Å². The van der Waals surface area contributed by atoms with Crippen molar-refractivity contribution in [3.8, 4) is 0 Å². The fraction of sp³-hybridized carbons (Fsp3) is 0.538. The van der Waals surface area contributed by atoms with Gasteiger partial charge in [-0.1, -0.05) is 17.7 Å². The summed E-state index contributed by atoms with van der Waals surface area (Å²) in [5.41, 5.74) is 5.40. The molecule has 0 bridgehead atoms. The lowest BCUT2D eigenvalue weighted by Gasteiger charge is -2.29. The van der Waals surface area contributed by atoms with E-state index in [9.17, 15) is 13.2 Å². The smallest absolute Gasteiger partial charge is 0.381 e. The molecule has 114 valence electrons. The third-order valence-electron chi connectivity index (χ3n) is 3.45. The van der Waals surface area contributed by atoms with Crippen LogP contribution in [0.4, 0.5) is 13.2 Å². The second-order valence-corrected chi connectivity index (χ2v) is 5.14. The molecule has 2 nitrogen and oxygen atoms in total. The Morgan fingerprint density at radius 2 is 1.85 bits per heavy atom. The molecule has 1 atom stereocenters. The van der Waals surface area contributed by atoms with E-state index in [1.54, 1.807) is 0 Å². The Balaban J connectivity index is 0.00000200. The number of rotatable bonds is 2. The van der Waals surface area contributed by atoms with E-state index >= 15 is 0 Å². The maximum absolute atomic E-state index is 13.0. The van der Waals surface area contributed by atoms with E-state index in [1.807, 2.05) is 0 Å². The van der Waals surface area contributed by atoms with Gasteiger partial charge in [0.25, 0.3) is 0 Å². The summed E-state index contributed by atoms with van der Waals surface area (Å²) < 4.78 is 44.3. The van der Waals surface area contributed by atoms with Crippen LogP contribution in [0.25, 0.3) is 0 Å². The van der Waals surface area contributed by atoms with Crippen LogP contribution in [0.2, 0.25) is 5.02 Å². The first kappa shape index (κ1) is 17.6. The number of hydrogen-bond donors (Lipinski definition) is 1. The van der Waals surface area contributed by atoms with Gasteiger partial charge in [-0.3, -0.25) is 0 Å². The normalized spacial score (nSPS) is 18.4.